The minimum Gasteiger partial charge on any atom is -0.338 e. The van der Waals surface area contributed by atoms with Gasteiger partial charge in [-0.05, 0) is 66.2 Å². The van der Waals surface area contributed by atoms with E-state index >= 15 is 0 Å². The summed E-state index contributed by atoms with van der Waals surface area (Å²) < 4.78 is 26.8. The lowest BCUT2D eigenvalue weighted by atomic mass is 10.0. The van der Waals surface area contributed by atoms with Gasteiger partial charge in [0.15, 0.2) is 11.6 Å². The fraction of sp³-hybridized carbons (Fsp3) is 0.562. The summed E-state index contributed by atoms with van der Waals surface area (Å²) in [6.07, 6.45) is 4.46. The number of carbonyl (C=O) groups excluding carboxylic acids is 1. The largest absolute Gasteiger partial charge is 0.338 e. The van der Waals surface area contributed by atoms with Crippen LogP contribution in [0.1, 0.15) is 36.0 Å². The van der Waals surface area contributed by atoms with E-state index in [0.717, 1.165) is 37.4 Å². The lowest BCUT2D eigenvalue weighted by Gasteiger charge is -2.32. The van der Waals surface area contributed by atoms with Gasteiger partial charge in [-0.3, -0.25) is 4.79 Å². The van der Waals surface area contributed by atoms with Crippen LogP contribution in [0.2, 0.25) is 0 Å². The van der Waals surface area contributed by atoms with E-state index in [1.54, 1.807) is 4.90 Å². The number of halogens is 4. The maximum Gasteiger partial charge on any atom is 0.255 e. The van der Waals surface area contributed by atoms with Gasteiger partial charge < -0.3 is 10.2 Å². The Morgan fingerprint density at radius 2 is 1.78 bits per heavy atom. The van der Waals surface area contributed by atoms with Gasteiger partial charge >= 0.3 is 0 Å². The summed E-state index contributed by atoms with van der Waals surface area (Å²) in [4.78, 5) is 14.2. The van der Waals surface area contributed by atoms with Gasteiger partial charge in [0.2, 0.25) is 0 Å². The predicted molar refractivity (Wildman–Crippen MR) is 91.0 cm³/mol. The molecule has 0 spiro atoms. The van der Waals surface area contributed by atoms with Crippen molar-refractivity contribution in [2.45, 2.75) is 31.7 Å². The van der Waals surface area contributed by atoms with E-state index < -0.39 is 11.6 Å². The summed E-state index contributed by atoms with van der Waals surface area (Å²) in [5.74, 6) is -1.34. The molecule has 23 heavy (non-hydrogen) atoms. The Labute approximate surface area is 149 Å². The molecule has 0 aromatic heterocycles. The third kappa shape index (κ3) is 4.64. The summed E-state index contributed by atoms with van der Waals surface area (Å²) in [6.45, 7) is 2.37. The van der Waals surface area contributed by atoms with Crippen molar-refractivity contribution in [3.63, 3.8) is 0 Å². The van der Waals surface area contributed by atoms with Crippen molar-refractivity contribution < 1.29 is 13.6 Å². The molecule has 1 aromatic rings. The summed E-state index contributed by atoms with van der Waals surface area (Å²) in [5, 5.41) is 3.55. The van der Waals surface area contributed by atoms with Crippen LogP contribution in [0.4, 0.5) is 8.78 Å². The maximum absolute atomic E-state index is 13.4. The average Bonchev–Trinajstić information content (AvgIpc) is 3.33. The molecule has 2 aliphatic rings. The van der Waals surface area contributed by atoms with Crippen molar-refractivity contribution in [2.24, 2.45) is 5.92 Å². The molecular weight excluding hydrogens is 390 g/mol. The van der Waals surface area contributed by atoms with Crippen molar-refractivity contribution in [1.29, 1.82) is 0 Å². The van der Waals surface area contributed by atoms with E-state index in [4.69, 9.17) is 0 Å². The number of nitrogens with one attached hydrogen (secondary N) is 1. The molecule has 1 N–H and O–H groups in total. The van der Waals surface area contributed by atoms with Crippen LogP contribution < -0.4 is 5.32 Å². The van der Waals surface area contributed by atoms with Crippen LogP contribution in [0.5, 0.6) is 0 Å². The second-order valence-corrected chi connectivity index (χ2v) is 7.02. The van der Waals surface area contributed by atoms with Crippen LogP contribution in [0.25, 0.3) is 0 Å². The molecule has 2 fully saturated rings. The topological polar surface area (TPSA) is 32.3 Å². The first-order chi connectivity index (χ1) is 10.5. The van der Waals surface area contributed by atoms with Gasteiger partial charge in [0.05, 0.1) is 5.56 Å². The van der Waals surface area contributed by atoms with Gasteiger partial charge in [-0.1, -0.05) is 0 Å². The number of nitrogens with zero attached hydrogens (tertiary/aromatic N) is 1. The number of hydrogen-bond donors (Lipinski definition) is 1. The first kappa shape index (κ1) is 18.6. The second kappa shape index (κ2) is 7.90. The molecule has 1 saturated heterocycles. The summed E-state index contributed by atoms with van der Waals surface area (Å²) in [5.41, 5.74) is 0.184. The molecule has 0 atom stereocenters. The minimum absolute atomic E-state index is 0. The lowest BCUT2D eigenvalue weighted by molar-refractivity contribution is 0.0703. The fourth-order valence-corrected chi connectivity index (χ4v) is 3.28. The molecule has 7 heteroatoms. The summed E-state index contributed by atoms with van der Waals surface area (Å²) in [6, 6.07) is 2.43. The smallest absolute Gasteiger partial charge is 0.255 e. The van der Waals surface area contributed by atoms with Crippen LogP contribution >= 0.6 is 28.3 Å². The number of carbonyl (C=O) groups is 1. The number of likely N-dealkylation sites (tertiary alicyclic amines) is 1. The zero-order valence-corrected chi connectivity index (χ0v) is 15.1. The number of piperidine rings is 1. The zero-order chi connectivity index (χ0) is 15.7. The van der Waals surface area contributed by atoms with E-state index in [-0.39, 0.29) is 23.9 Å². The molecule has 0 radical (unpaired) electrons. The minimum atomic E-state index is -0.993. The maximum atomic E-state index is 13.4. The van der Waals surface area contributed by atoms with Crippen molar-refractivity contribution in [3.8, 4) is 0 Å². The first-order valence-electron chi connectivity index (χ1n) is 7.72. The average molecular weight is 410 g/mol. The Hall–Kier alpha value is -0.720. The highest BCUT2D eigenvalue weighted by Gasteiger charge is 2.27. The second-order valence-electron chi connectivity index (χ2n) is 6.16. The fourth-order valence-electron chi connectivity index (χ4n) is 2.80. The molecule has 1 aromatic carbocycles. The van der Waals surface area contributed by atoms with E-state index in [0.29, 0.717) is 23.6 Å². The van der Waals surface area contributed by atoms with Crippen molar-refractivity contribution in [2.75, 3.05) is 19.6 Å². The Kier molecular flexibility index (Phi) is 6.40. The summed E-state index contributed by atoms with van der Waals surface area (Å²) >= 11 is 3.14. The van der Waals surface area contributed by atoms with Gasteiger partial charge in [0.25, 0.3) is 5.91 Å². The monoisotopic (exact) mass is 408 g/mol. The molecule has 0 bridgehead atoms. The Balaban J connectivity index is 0.00000192. The van der Waals surface area contributed by atoms with Gasteiger partial charge in [0, 0.05) is 23.6 Å². The predicted octanol–water partition coefficient (Wildman–Crippen LogP) is 3.75. The highest BCUT2D eigenvalue weighted by atomic mass is 79.9. The van der Waals surface area contributed by atoms with Gasteiger partial charge in [-0.2, -0.15) is 0 Å². The molecule has 1 heterocycles. The number of benzene rings is 1. The SMILES string of the molecule is Cl.O=C(c1cc(F)c(F)cc1Br)N1CCC(NCC2CC2)CC1. The van der Waals surface area contributed by atoms with Crippen molar-refractivity contribution in [1.82, 2.24) is 10.2 Å². The molecule has 128 valence electrons. The zero-order valence-electron chi connectivity index (χ0n) is 12.7. The first-order valence-corrected chi connectivity index (χ1v) is 8.51. The Bertz CT molecular complexity index is 575. The van der Waals surface area contributed by atoms with Crippen LogP contribution in [0, 0.1) is 17.6 Å². The van der Waals surface area contributed by atoms with Gasteiger partial charge in [0.1, 0.15) is 0 Å². The van der Waals surface area contributed by atoms with Crippen LogP contribution in [-0.4, -0.2) is 36.5 Å². The van der Waals surface area contributed by atoms with Gasteiger partial charge in [-0.25, -0.2) is 8.78 Å². The number of rotatable bonds is 4. The number of amides is 1. The third-order valence-electron chi connectivity index (χ3n) is 4.41. The van der Waals surface area contributed by atoms with E-state index in [1.807, 2.05) is 0 Å². The molecule has 3 rings (SSSR count). The highest BCUT2D eigenvalue weighted by molar-refractivity contribution is 9.10. The molecule has 1 aliphatic heterocycles. The standard InChI is InChI=1S/C16H19BrF2N2O.ClH/c17-13-8-15(19)14(18)7-12(13)16(22)21-5-3-11(4-6-21)20-9-10-1-2-10;/h7-8,10-11,20H,1-6,9H2;1H. The molecule has 0 unspecified atom stereocenters. The molecule has 1 aliphatic carbocycles. The molecule has 3 nitrogen and oxygen atoms in total. The molecule has 1 amide bonds. The molecular formula is C16H20BrClF2N2O. The van der Waals surface area contributed by atoms with E-state index in [2.05, 4.69) is 21.2 Å². The van der Waals surface area contributed by atoms with Crippen molar-refractivity contribution >= 4 is 34.2 Å². The molecule has 1 saturated carbocycles. The van der Waals surface area contributed by atoms with Gasteiger partial charge in [-0.15, -0.1) is 12.4 Å². The highest BCUT2D eigenvalue weighted by Crippen LogP contribution is 2.28. The van der Waals surface area contributed by atoms with Crippen LogP contribution in [-0.2, 0) is 0 Å². The van der Waals surface area contributed by atoms with Crippen molar-refractivity contribution in [3.05, 3.63) is 33.8 Å². The normalized spacial score (nSPS) is 18.7. The van der Waals surface area contributed by atoms with Crippen LogP contribution in [0.3, 0.4) is 0 Å². The quantitative estimate of drug-likeness (QED) is 0.768. The van der Waals surface area contributed by atoms with E-state index in [1.165, 1.54) is 12.8 Å². The lowest BCUT2D eigenvalue weighted by Crippen LogP contribution is -2.45. The third-order valence-corrected chi connectivity index (χ3v) is 5.07. The van der Waals surface area contributed by atoms with E-state index in [9.17, 15) is 13.6 Å². The Morgan fingerprint density at radius 3 is 2.39 bits per heavy atom. The summed E-state index contributed by atoms with van der Waals surface area (Å²) in [7, 11) is 0. The Morgan fingerprint density at radius 1 is 1.17 bits per heavy atom. The number of hydrogen-bond acceptors (Lipinski definition) is 2. The van der Waals surface area contributed by atoms with Crippen LogP contribution in [0.15, 0.2) is 16.6 Å².